The number of alkyl halides is 3. The smallest absolute Gasteiger partial charge is 0.416 e. The molecule has 2 unspecified atom stereocenters. The number of rotatable bonds is 6. The monoisotopic (exact) mass is 598 g/mol. The molecule has 1 fully saturated rings. The molecule has 1 aliphatic heterocycles. The van der Waals surface area contributed by atoms with Crippen LogP contribution in [0.5, 0.6) is 0 Å². The molecule has 0 bridgehead atoms. The number of hydrogen-bond acceptors (Lipinski definition) is 7. The van der Waals surface area contributed by atoms with Crippen LogP contribution in [-0.4, -0.2) is 43.4 Å². The quantitative estimate of drug-likeness (QED) is 0.200. The second-order valence-corrected chi connectivity index (χ2v) is 12.5. The fourth-order valence-electron chi connectivity index (χ4n) is 5.75. The van der Waals surface area contributed by atoms with E-state index in [0.717, 1.165) is 47.0 Å². The lowest BCUT2D eigenvalue weighted by Crippen LogP contribution is -2.32. The summed E-state index contributed by atoms with van der Waals surface area (Å²) in [5.74, 6) is 0.318. The second kappa shape index (κ2) is 10.9. The number of methoxy groups -OCH3 is 1. The molecule has 3 heterocycles. The summed E-state index contributed by atoms with van der Waals surface area (Å²) < 4.78 is 67.6. The van der Waals surface area contributed by atoms with Gasteiger partial charge in [0, 0.05) is 30.0 Å². The van der Waals surface area contributed by atoms with E-state index in [1.807, 2.05) is 44.2 Å². The van der Waals surface area contributed by atoms with Gasteiger partial charge in [0.25, 0.3) is 0 Å². The molecule has 6 rings (SSSR count). The largest absolute Gasteiger partial charge is 0.593 e. The van der Waals surface area contributed by atoms with Crippen LogP contribution in [0, 0.1) is 12.8 Å². The van der Waals surface area contributed by atoms with Gasteiger partial charge < -0.3 is 13.8 Å². The first kappa shape index (κ1) is 28.5. The molecule has 1 saturated carbocycles. The zero-order valence-corrected chi connectivity index (χ0v) is 24.0. The van der Waals surface area contributed by atoms with Crippen molar-refractivity contribution in [3.8, 4) is 5.69 Å². The summed E-state index contributed by atoms with van der Waals surface area (Å²) in [7, 11) is 1.33. The highest BCUT2D eigenvalue weighted by atomic mass is 32.2. The Hall–Kier alpha value is -3.61. The maximum absolute atomic E-state index is 13.6. The van der Waals surface area contributed by atoms with Gasteiger partial charge in [0.2, 0.25) is 0 Å². The predicted octanol–water partition coefficient (Wildman–Crippen LogP) is 5.96. The van der Waals surface area contributed by atoms with Crippen molar-refractivity contribution < 1.29 is 31.8 Å². The van der Waals surface area contributed by atoms with Crippen LogP contribution in [0.2, 0.25) is 0 Å². The van der Waals surface area contributed by atoms with Crippen LogP contribution >= 0.6 is 0 Å². The lowest BCUT2D eigenvalue weighted by Gasteiger charge is -2.24. The first-order chi connectivity index (χ1) is 20.0. The topological polar surface area (TPSA) is 96.5 Å². The molecule has 1 aliphatic carbocycles. The lowest BCUT2D eigenvalue weighted by molar-refractivity contribution is -0.137. The number of nitrogens with zero attached hydrogens (tertiary/aromatic N) is 4. The van der Waals surface area contributed by atoms with Crippen LogP contribution in [0.25, 0.3) is 5.69 Å². The average Bonchev–Trinajstić information content (AvgIpc) is 3.44. The summed E-state index contributed by atoms with van der Waals surface area (Å²) >= 11 is -1.64. The van der Waals surface area contributed by atoms with Gasteiger partial charge in [-0.25, -0.2) is 9.48 Å². The van der Waals surface area contributed by atoms with Crippen LogP contribution in [0.15, 0.2) is 64.1 Å². The van der Waals surface area contributed by atoms with Crippen molar-refractivity contribution in [2.24, 2.45) is 5.92 Å². The van der Waals surface area contributed by atoms with E-state index in [-0.39, 0.29) is 17.8 Å². The van der Waals surface area contributed by atoms with Crippen LogP contribution in [0.1, 0.15) is 69.4 Å². The predicted molar refractivity (Wildman–Crippen MR) is 147 cm³/mol. The third-order valence-electron chi connectivity index (χ3n) is 7.77. The Kier molecular flexibility index (Phi) is 7.40. The van der Waals surface area contributed by atoms with Gasteiger partial charge in [-0.3, -0.25) is 0 Å². The van der Waals surface area contributed by atoms with Gasteiger partial charge in [-0.15, -0.1) is 4.31 Å². The van der Waals surface area contributed by atoms with Crippen molar-refractivity contribution in [1.29, 1.82) is 0 Å². The number of carbonyl (C=O) groups excluding carboxylic acids is 1. The van der Waals surface area contributed by atoms with Gasteiger partial charge in [0.15, 0.2) is 4.90 Å². The molecule has 2 aromatic carbocycles. The average molecular weight is 599 g/mol. The standard InChI is InChI=1S/C30H29F3N4O4S/c1-17-9-20-12-21(30(31,32)33)7-8-27(20)42(39)36(15-17)16-19-5-4-6-22(11-19)37-28(25(14-34-37)29(38)40-3)24-13-23(24)26-10-18(2)35-41-26/h4-8,10-12,14,17,23-24H,9,13,15-16H2,1-3H3/t17-,23?,24+,42?/m0/s1. The zero-order chi connectivity index (χ0) is 29.8. The Labute approximate surface area is 243 Å². The Morgan fingerprint density at radius 2 is 2.00 bits per heavy atom. The molecule has 4 aromatic rings. The maximum Gasteiger partial charge on any atom is 0.416 e. The van der Waals surface area contributed by atoms with Gasteiger partial charge in [0.05, 0.1) is 53.9 Å². The van der Waals surface area contributed by atoms with Crippen LogP contribution in [0.4, 0.5) is 13.2 Å². The molecule has 4 atom stereocenters. The van der Waals surface area contributed by atoms with Crippen molar-refractivity contribution >= 4 is 17.3 Å². The number of aryl methyl sites for hydroxylation is 1. The Morgan fingerprint density at radius 1 is 1.19 bits per heavy atom. The van der Waals surface area contributed by atoms with Gasteiger partial charge in [-0.2, -0.15) is 18.3 Å². The molecule has 0 amide bonds. The van der Waals surface area contributed by atoms with E-state index >= 15 is 0 Å². The fourth-order valence-corrected chi connectivity index (χ4v) is 7.24. The first-order valence-corrected chi connectivity index (χ1v) is 14.7. The summed E-state index contributed by atoms with van der Waals surface area (Å²) in [6.45, 7) is 4.57. The SMILES string of the molecule is COC(=O)c1cnn(-c2cccc(CN3C[C@@H](C)Cc4cc(C(F)(F)F)ccc4[S+]3[O-])c2)c1[C@@H]1CC1c1cc(C)no1. The van der Waals surface area contributed by atoms with Gasteiger partial charge in [-0.05, 0) is 61.6 Å². The summed E-state index contributed by atoms with van der Waals surface area (Å²) in [5, 5.41) is 8.54. The van der Waals surface area contributed by atoms with E-state index < -0.39 is 29.1 Å². The maximum atomic E-state index is 13.6. The van der Waals surface area contributed by atoms with E-state index in [1.54, 1.807) is 8.99 Å². The molecule has 0 spiro atoms. The molecular formula is C30H29F3N4O4S. The Bertz CT molecular complexity index is 1630. The normalized spacial score (nSPS) is 22.5. The number of esters is 1. The third kappa shape index (κ3) is 5.46. The van der Waals surface area contributed by atoms with Crippen molar-refractivity contribution in [2.45, 2.75) is 56.1 Å². The van der Waals surface area contributed by atoms with E-state index in [1.165, 1.54) is 19.4 Å². The van der Waals surface area contributed by atoms with Crippen molar-refractivity contribution in [1.82, 2.24) is 19.2 Å². The Morgan fingerprint density at radius 3 is 2.71 bits per heavy atom. The molecule has 2 aliphatic rings. The minimum atomic E-state index is -4.46. The zero-order valence-electron chi connectivity index (χ0n) is 23.2. The second-order valence-electron chi connectivity index (χ2n) is 11.0. The van der Waals surface area contributed by atoms with Gasteiger partial charge in [0.1, 0.15) is 11.3 Å². The number of aromatic nitrogens is 3. The highest BCUT2D eigenvalue weighted by Gasteiger charge is 2.47. The molecule has 2 aromatic heterocycles. The van der Waals surface area contributed by atoms with Crippen LogP contribution < -0.4 is 0 Å². The molecular weight excluding hydrogens is 569 g/mol. The summed E-state index contributed by atoms with van der Waals surface area (Å²) in [6, 6.07) is 12.9. The highest BCUT2D eigenvalue weighted by molar-refractivity contribution is 7.89. The van der Waals surface area contributed by atoms with Crippen LogP contribution in [0.3, 0.4) is 0 Å². The molecule has 8 nitrogen and oxygen atoms in total. The first-order valence-electron chi connectivity index (χ1n) is 13.6. The fraction of sp³-hybridized carbons (Fsp3) is 0.367. The van der Waals surface area contributed by atoms with E-state index in [9.17, 15) is 22.5 Å². The number of halogens is 3. The number of benzene rings is 2. The molecule has 42 heavy (non-hydrogen) atoms. The Balaban J connectivity index is 1.29. The third-order valence-corrected chi connectivity index (χ3v) is 9.29. The molecule has 12 heteroatoms. The number of ether oxygens (including phenoxy) is 1. The number of hydrogen-bond donors (Lipinski definition) is 0. The summed E-state index contributed by atoms with van der Waals surface area (Å²) in [6.07, 6.45) is -1.78. The molecule has 0 saturated heterocycles. The minimum absolute atomic E-state index is 0.00581. The number of fused-ring (bicyclic) bond motifs is 1. The van der Waals surface area contributed by atoms with Crippen LogP contribution in [-0.2, 0) is 35.2 Å². The van der Waals surface area contributed by atoms with Crippen molar-refractivity contribution in [3.05, 3.63) is 94.1 Å². The lowest BCUT2D eigenvalue weighted by atomic mass is 9.99. The number of carbonyl (C=O) groups is 1. The molecule has 0 radical (unpaired) electrons. The minimum Gasteiger partial charge on any atom is -0.593 e. The van der Waals surface area contributed by atoms with Gasteiger partial charge >= 0.3 is 12.1 Å². The van der Waals surface area contributed by atoms with Gasteiger partial charge in [-0.1, -0.05) is 24.2 Å². The van der Waals surface area contributed by atoms with E-state index in [4.69, 9.17) is 9.26 Å². The van der Waals surface area contributed by atoms with E-state index in [2.05, 4.69) is 10.3 Å². The van der Waals surface area contributed by atoms with Crippen molar-refractivity contribution in [2.75, 3.05) is 13.7 Å². The summed E-state index contributed by atoms with van der Waals surface area (Å²) in [5.41, 5.74) is 3.19. The molecule has 220 valence electrons. The molecule has 0 N–H and O–H groups in total. The summed E-state index contributed by atoms with van der Waals surface area (Å²) in [4.78, 5) is 13.1. The highest BCUT2D eigenvalue weighted by Crippen LogP contribution is 2.56. The van der Waals surface area contributed by atoms with E-state index in [0.29, 0.717) is 35.5 Å². The van der Waals surface area contributed by atoms with Crippen molar-refractivity contribution in [3.63, 3.8) is 0 Å².